The lowest BCUT2D eigenvalue weighted by atomic mass is 9.91. The number of amides is 2. The second-order valence-corrected chi connectivity index (χ2v) is 6.21. The maximum Gasteiger partial charge on any atom is 0.315 e. The van der Waals surface area contributed by atoms with Gasteiger partial charge in [-0.15, -0.1) is 0 Å². The fourth-order valence-corrected chi connectivity index (χ4v) is 2.33. The number of carbonyl (C=O) groups is 1. The van der Waals surface area contributed by atoms with Crippen molar-refractivity contribution in [1.82, 2.24) is 19.1 Å². The maximum atomic E-state index is 11.6. The molecule has 3 N–H and O–H groups in total. The number of hydrogen-bond donors (Lipinski definition) is 3. The van der Waals surface area contributed by atoms with E-state index in [9.17, 15) is 4.79 Å². The minimum absolute atomic E-state index is 0.0313. The van der Waals surface area contributed by atoms with E-state index in [2.05, 4.69) is 38.8 Å². The zero-order chi connectivity index (χ0) is 12.7. The number of nitrogens with zero attached hydrogens (tertiary/aromatic N) is 1. The smallest absolute Gasteiger partial charge is 0.315 e. The van der Waals surface area contributed by atoms with E-state index in [-0.39, 0.29) is 6.03 Å². The van der Waals surface area contributed by atoms with Crippen molar-refractivity contribution < 1.29 is 4.79 Å². The average Bonchev–Trinajstić information content (AvgIpc) is 2.29. The van der Waals surface area contributed by atoms with Gasteiger partial charge in [0.1, 0.15) is 0 Å². The van der Waals surface area contributed by atoms with Crippen molar-refractivity contribution >= 4 is 28.9 Å². The minimum Gasteiger partial charge on any atom is -0.337 e. The van der Waals surface area contributed by atoms with Crippen LogP contribution in [0.5, 0.6) is 0 Å². The molecule has 0 saturated heterocycles. The van der Waals surface area contributed by atoms with Crippen LogP contribution >= 0.6 is 22.9 Å². The van der Waals surface area contributed by atoms with E-state index in [1.807, 2.05) is 17.2 Å². The molecule has 0 aliphatic heterocycles. The van der Waals surface area contributed by atoms with Gasteiger partial charge in [0.25, 0.3) is 0 Å². The molecule has 5 nitrogen and oxygen atoms in total. The highest BCUT2D eigenvalue weighted by atomic mass is 127. The number of likely N-dealkylation sites (N-methyl/N-ethyl adjacent to an activating group) is 1. The average molecular weight is 354 g/mol. The maximum absolute atomic E-state index is 11.6. The summed E-state index contributed by atoms with van der Waals surface area (Å²) in [5.74, 6) is 0. The monoisotopic (exact) mass is 354 g/mol. The predicted octanol–water partition coefficient (Wildman–Crippen LogP) is 1.10. The summed E-state index contributed by atoms with van der Waals surface area (Å²) in [6.45, 7) is 1.55. The zero-order valence-corrected chi connectivity index (χ0v) is 12.8. The van der Waals surface area contributed by atoms with Crippen molar-refractivity contribution in [2.24, 2.45) is 0 Å². The fourth-order valence-electron chi connectivity index (χ4n) is 2.09. The van der Waals surface area contributed by atoms with Crippen LogP contribution in [0.2, 0.25) is 0 Å². The van der Waals surface area contributed by atoms with Gasteiger partial charge >= 0.3 is 6.03 Å². The third-order valence-corrected chi connectivity index (χ3v) is 3.66. The standard InChI is InChI=1S/C11H23IN4O/c1-13-9-3-5-10(6-4-9)15-11(17)14-7-8-16(2)12/h9-10,13H,3-8H2,1-2H3,(H2,14,15,17). The van der Waals surface area contributed by atoms with Crippen LogP contribution in [0, 0.1) is 0 Å². The topological polar surface area (TPSA) is 56.4 Å². The Kier molecular flexibility index (Phi) is 7.14. The highest BCUT2D eigenvalue weighted by molar-refractivity contribution is 14.1. The zero-order valence-electron chi connectivity index (χ0n) is 10.6. The SMILES string of the molecule is CNC1CCC(NC(=O)NCCN(C)I)CC1. The van der Waals surface area contributed by atoms with Crippen LogP contribution in [-0.2, 0) is 0 Å². The largest absolute Gasteiger partial charge is 0.337 e. The van der Waals surface area contributed by atoms with Crippen molar-refractivity contribution in [3.63, 3.8) is 0 Å². The molecule has 0 aromatic carbocycles. The Hall–Kier alpha value is -0.0800. The molecule has 0 aromatic heterocycles. The summed E-state index contributed by atoms with van der Waals surface area (Å²) < 4.78 is 2.02. The minimum atomic E-state index is -0.0313. The second-order valence-electron chi connectivity index (χ2n) is 4.57. The molecule has 100 valence electrons. The number of carbonyl (C=O) groups excluding carboxylic acids is 1. The molecule has 0 unspecified atom stereocenters. The van der Waals surface area contributed by atoms with E-state index in [0.29, 0.717) is 18.6 Å². The first-order valence-corrected chi connectivity index (χ1v) is 7.17. The normalized spacial score (nSPS) is 24.7. The van der Waals surface area contributed by atoms with Gasteiger partial charge < -0.3 is 16.0 Å². The number of halogens is 1. The van der Waals surface area contributed by atoms with Gasteiger partial charge in [-0.3, -0.25) is 0 Å². The van der Waals surface area contributed by atoms with Gasteiger partial charge in [-0.1, -0.05) is 0 Å². The van der Waals surface area contributed by atoms with Gasteiger partial charge in [-0.25, -0.2) is 7.91 Å². The number of urea groups is 1. The van der Waals surface area contributed by atoms with E-state index in [4.69, 9.17) is 0 Å². The summed E-state index contributed by atoms with van der Waals surface area (Å²) >= 11 is 2.21. The lowest BCUT2D eigenvalue weighted by Crippen LogP contribution is -2.46. The molecule has 0 spiro atoms. The number of nitrogens with one attached hydrogen (secondary N) is 3. The highest BCUT2D eigenvalue weighted by Crippen LogP contribution is 2.17. The van der Waals surface area contributed by atoms with E-state index in [1.165, 1.54) is 0 Å². The Labute approximate surface area is 118 Å². The molecule has 0 atom stereocenters. The summed E-state index contributed by atoms with van der Waals surface area (Å²) in [5, 5.41) is 9.20. The molecule has 0 bridgehead atoms. The molecule has 1 fully saturated rings. The Morgan fingerprint density at radius 2 is 1.88 bits per heavy atom. The van der Waals surface area contributed by atoms with Crippen LogP contribution in [0.1, 0.15) is 25.7 Å². The molecule has 1 aliphatic carbocycles. The molecule has 1 aliphatic rings. The molecule has 1 saturated carbocycles. The van der Waals surface area contributed by atoms with Gasteiger partial charge in [0.15, 0.2) is 0 Å². The lowest BCUT2D eigenvalue weighted by Gasteiger charge is -2.28. The van der Waals surface area contributed by atoms with E-state index in [0.717, 1.165) is 32.2 Å². The molecule has 2 amide bonds. The fraction of sp³-hybridized carbons (Fsp3) is 0.909. The van der Waals surface area contributed by atoms with Crippen molar-refractivity contribution in [2.45, 2.75) is 37.8 Å². The van der Waals surface area contributed by atoms with Crippen LogP contribution in [0.3, 0.4) is 0 Å². The Bertz CT molecular complexity index is 230. The van der Waals surface area contributed by atoms with Crippen molar-refractivity contribution in [3.8, 4) is 0 Å². The molecule has 1 rings (SSSR count). The molecule has 0 aromatic rings. The predicted molar refractivity (Wildman–Crippen MR) is 78.3 cm³/mol. The van der Waals surface area contributed by atoms with E-state index >= 15 is 0 Å². The van der Waals surface area contributed by atoms with Crippen LogP contribution in [-0.4, -0.2) is 48.4 Å². The van der Waals surface area contributed by atoms with Gasteiger partial charge in [-0.2, -0.15) is 0 Å². The van der Waals surface area contributed by atoms with Crippen LogP contribution in [0.15, 0.2) is 0 Å². The third kappa shape index (κ3) is 6.42. The van der Waals surface area contributed by atoms with E-state index < -0.39 is 0 Å². The first kappa shape index (κ1) is 15.0. The third-order valence-electron chi connectivity index (χ3n) is 3.18. The molecular formula is C11H23IN4O. The molecular weight excluding hydrogens is 331 g/mol. The van der Waals surface area contributed by atoms with Crippen molar-refractivity contribution in [2.75, 3.05) is 27.2 Å². The first-order chi connectivity index (χ1) is 8.11. The molecule has 17 heavy (non-hydrogen) atoms. The molecule has 0 radical (unpaired) electrons. The Morgan fingerprint density at radius 3 is 2.41 bits per heavy atom. The molecule has 0 heterocycles. The van der Waals surface area contributed by atoms with Crippen molar-refractivity contribution in [1.29, 1.82) is 0 Å². The quantitative estimate of drug-likeness (QED) is 0.512. The van der Waals surface area contributed by atoms with Gasteiger partial charge in [0.2, 0.25) is 0 Å². The van der Waals surface area contributed by atoms with Gasteiger partial charge in [-0.05, 0) is 39.8 Å². The van der Waals surface area contributed by atoms with Crippen LogP contribution in [0.4, 0.5) is 4.79 Å². The summed E-state index contributed by atoms with van der Waals surface area (Å²) in [7, 11) is 3.99. The van der Waals surface area contributed by atoms with Crippen molar-refractivity contribution in [3.05, 3.63) is 0 Å². The first-order valence-electron chi connectivity index (χ1n) is 6.20. The van der Waals surface area contributed by atoms with Gasteiger partial charge in [0.05, 0.1) is 0 Å². The van der Waals surface area contributed by atoms with Gasteiger partial charge in [0, 0.05) is 48.0 Å². The summed E-state index contributed by atoms with van der Waals surface area (Å²) in [6.07, 6.45) is 4.45. The Balaban J connectivity index is 2.10. The van der Waals surface area contributed by atoms with Crippen LogP contribution in [0.25, 0.3) is 0 Å². The summed E-state index contributed by atoms with van der Waals surface area (Å²) in [5.41, 5.74) is 0. The Morgan fingerprint density at radius 1 is 1.29 bits per heavy atom. The van der Waals surface area contributed by atoms with E-state index in [1.54, 1.807) is 0 Å². The molecule has 6 heteroatoms. The lowest BCUT2D eigenvalue weighted by molar-refractivity contribution is 0.229. The second kappa shape index (κ2) is 8.10. The summed E-state index contributed by atoms with van der Waals surface area (Å²) in [6, 6.07) is 0.942. The number of hydrogen-bond acceptors (Lipinski definition) is 3. The van der Waals surface area contributed by atoms with Crippen LogP contribution < -0.4 is 16.0 Å². The number of rotatable bonds is 5. The highest BCUT2D eigenvalue weighted by Gasteiger charge is 2.20. The summed E-state index contributed by atoms with van der Waals surface area (Å²) in [4.78, 5) is 11.6.